The van der Waals surface area contributed by atoms with Crippen molar-refractivity contribution in [2.24, 2.45) is 0 Å². The van der Waals surface area contributed by atoms with Gasteiger partial charge in [0.2, 0.25) is 0 Å². The van der Waals surface area contributed by atoms with Crippen LogP contribution in [0.4, 0.5) is 11.6 Å². The largest absolute Gasteiger partial charge is 0.373 e. The van der Waals surface area contributed by atoms with Crippen molar-refractivity contribution in [1.29, 1.82) is 0 Å². The lowest BCUT2D eigenvalue weighted by atomic mass is 10.1. The average molecular weight is 262 g/mol. The summed E-state index contributed by atoms with van der Waals surface area (Å²) in [6, 6.07) is 0. The molecule has 0 aliphatic carbocycles. The minimum Gasteiger partial charge on any atom is -0.373 e. The first kappa shape index (κ1) is 14.1. The van der Waals surface area contributed by atoms with Crippen LogP contribution in [0.25, 0.3) is 0 Å². The number of nitrogens with zero attached hydrogens (tertiary/aromatic N) is 3. The van der Waals surface area contributed by atoms with E-state index in [0.717, 1.165) is 37.0 Å². The Labute approximate surface area is 116 Å². The number of aryl methyl sites for hydroxylation is 1. The van der Waals surface area contributed by atoms with E-state index in [1.54, 1.807) is 0 Å². The fourth-order valence-corrected chi connectivity index (χ4v) is 2.72. The van der Waals surface area contributed by atoms with E-state index < -0.39 is 0 Å². The van der Waals surface area contributed by atoms with Crippen LogP contribution in [0.5, 0.6) is 0 Å². The molecule has 1 aliphatic heterocycles. The van der Waals surface area contributed by atoms with Gasteiger partial charge in [-0.15, -0.1) is 0 Å². The van der Waals surface area contributed by atoms with E-state index in [2.05, 4.69) is 29.0 Å². The van der Waals surface area contributed by atoms with Gasteiger partial charge in [-0.05, 0) is 19.8 Å². The fraction of sp³-hybridized carbons (Fsp3) is 0.733. The van der Waals surface area contributed by atoms with Crippen LogP contribution in [0.2, 0.25) is 0 Å². The quantitative estimate of drug-likeness (QED) is 0.908. The molecule has 1 saturated heterocycles. The second-order valence-electron chi connectivity index (χ2n) is 5.30. The Bertz CT molecular complexity index is 409. The van der Waals surface area contributed by atoms with Crippen molar-refractivity contribution in [2.75, 3.05) is 30.4 Å². The number of nitrogens with one attached hydrogen (secondary N) is 1. The molecule has 2 heterocycles. The smallest absolute Gasteiger partial charge is 0.137 e. The Morgan fingerprint density at radius 1 is 1.05 bits per heavy atom. The number of anilines is 2. The van der Waals surface area contributed by atoms with Crippen molar-refractivity contribution >= 4 is 11.6 Å². The monoisotopic (exact) mass is 262 g/mol. The number of hydrogen-bond donors (Lipinski definition) is 1. The molecule has 0 unspecified atom stereocenters. The van der Waals surface area contributed by atoms with Crippen LogP contribution in [0, 0.1) is 6.92 Å². The molecule has 4 nitrogen and oxygen atoms in total. The highest BCUT2D eigenvalue weighted by molar-refractivity contribution is 5.58. The van der Waals surface area contributed by atoms with Gasteiger partial charge in [0.1, 0.15) is 17.5 Å². The molecule has 0 radical (unpaired) electrons. The summed E-state index contributed by atoms with van der Waals surface area (Å²) in [7, 11) is 1.94. The molecular formula is C15H26N4. The van der Waals surface area contributed by atoms with E-state index in [1.165, 1.54) is 37.7 Å². The molecular weight excluding hydrogens is 236 g/mol. The van der Waals surface area contributed by atoms with Gasteiger partial charge in [0.15, 0.2) is 0 Å². The summed E-state index contributed by atoms with van der Waals surface area (Å²) in [6.07, 6.45) is 7.52. The van der Waals surface area contributed by atoms with E-state index in [-0.39, 0.29) is 0 Å². The minimum absolute atomic E-state index is 0.885. The third kappa shape index (κ3) is 3.37. The first-order chi connectivity index (χ1) is 9.26. The Morgan fingerprint density at radius 3 is 2.26 bits per heavy atom. The molecule has 106 valence electrons. The average Bonchev–Trinajstić information content (AvgIpc) is 2.39. The molecule has 1 aromatic heterocycles. The SMILES string of the molecule is CCc1nc(NC)c(C)c(N2CCCCCCC2)n1. The fourth-order valence-electron chi connectivity index (χ4n) is 2.72. The third-order valence-corrected chi connectivity index (χ3v) is 3.88. The van der Waals surface area contributed by atoms with E-state index >= 15 is 0 Å². The van der Waals surface area contributed by atoms with Crippen molar-refractivity contribution in [1.82, 2.24) is 9.97 Å². The minimum atomic E-state index is 0.885. The molecule has 0 aromatic carbocycles. The van der Waals surface area contributed by atoms with Crippen LogP contribution in [0.3, 0.4) is 0 Å². The van der Waals surface area contributed by atoms with Gasteiger partial charge in [0.25, 0.3) is 0 Å². The molecule has 2 rings (SSSR count). The number of aromatic nitrogens is 2. The second kappa shape index (κ2) is 6.73. The lowest BCUT2D eigenvalue weighted by Crippen LogP contribution is -2.29. The Kier molecular flexibility index (Phi) is 5.00. The Morgan fingerprint density at radius 2 is 1.68 bits per heavy atom. The van der Waals surface area contributed by atoms with E-state index in [9.17, 15) is 0 Å². The normalized spacial score (nSPS) is 16.9. The molecule has 19 heavy (non-hydrogen) atoms. The van der Waals surface area contributed by atoms with Gasteiger partial charge in [-0.3, -0.25) is 0 Å². The molecule has 0 spiro atoms. The lowest BCUT2D eigenvalue weighted by molar-refractivity contribution is 0.552. The van der Waals surface area contributed by atoms with Gasteiger partial charge in [0, 0.05) is 32.1 Å². The van der Waals surface area contributed by atoms with Crippen molar-refractivity contribution in [3.8, 4) is 0 Å². The molecule has 1 fully saturated rings. The first-order valence-corrected chi connectivity index (χ1v) is 7.56. The summed E-state index contributed by atoms with van der Waals surface area (Å²) in [4.78, 5) is 11.8. The van der Waals surface area contributed by atoms with Crippen LogP contribution in [0.15, 0.2) is 0 Å². The predicted molar refractivity (Wildman–Crippen MR) is 81.0 cm³/mol. The highest BCUT2D eigenvalue weighted by atomic mass is 15.2. The first-order valence-electron chi connectivity index (χ1n) is 7.56. The predicted octanol–water partition coefficient (Wildman–Crippen LogP) is 3.16. The van der Waals surface area contributed by atoms with Gasteiger partial charge >= 0.3 is 0 Å². The van der Waals surface area contributed by atoms with Crippen molar-refractivity contribution < 1.29 is 0 Å². The van der Waals surface area contributed by atoms with Crippen molar-refractivity contribution in [3.63, 3.8) is 0 Å². The van der Waals surface area contributed by atoms with E-state index in [0.29, 0.717) is 0 Å². The standard InChI is InChI=1S/C15H26N4/c1-4-13-17-14(16-3)12(2)15(18-13)19-10-8-6-5-7-9-11-19/h4-11H2,1-3H3,(H,16,17,18). The molecule has 4 heteroatoms. The summed E-state index contributed by atoms with van der Waals surface area (Å²) in [5.74, 6) is 3.05. The van der Waals surface area contributed by atoms with E-state index in [1.807, 2.05) is 7.05 Å². The van der Waals surface area contributed by atoms with E-state index in [4.69, 9.17) is 4.98 Å². The second-order valence-corrected chi connectivity index (χ2v) is 5.30. The molecule has 1 N–H and O–H groups in total. The van der Waals surface area contributed by atoms with Gasteiger partial charge in [-0.2, -0.15) is 0 Å². The van der Waals surface area contributed by atoms with Crippen LogP contribution in [-0.2, 0) is 6.42 Å². The molecule has 0 saturated carbocycles. The van der Waals surface area contributed by atoms with Crippen LogP contribution >= 0.6 is 0 Å². The summed E-state index contributed by atoms with van der Waals surface area (Å²) in [6.45, 7) is 6.50. The molecule has 0 atom stereocenters. The van der Waals surface area contributed by atoms with Crippen LogP contribution in [-0.4, -0.2) is 30.1 Å². The topological polar surface area (TPSA) is 41.1 Å². The molecule has 1 aliphatic rings. The van der Waals surface area contributed by atoms with Gasteiger partial charge in [-0.25, -0.2) is 9.97 Å². The summed E-state index contributed by atoms with van der Waals surface area (Å²) in [5.41, 5.74) is 1.18. The summed E-state index contributed by atoms with van der Waals surface area (Å²) in [5, 5.41) is 3.20. The van der Waals surface area contributed by atoms with Crippen molar-refractivity contribution in [2.45, 2.75) is 52.4 Å². The third-order valence-electron chi connectivity index (χ3n) is 3.88. The summed E-state index contributed by atoms with van der Waals surface area (Å²) >= 11 is 0. The Balaban J connectivity index is 2.30. The number of hydrogen-bond acceptors (Lipinski definition) is 4. The zero-order chi connectivity index (χ0) is 13.7. The highest BCUT2D eigenvalue weighted by Gasteiger charge is 2.16. The van der Waals surface area contributed by atoms with Crippen LogP contribution in [0.1, 0.15) is 50.4 Å². The van der Waals surface area contributed by atoms with Gasteiger partial charge in [-0.1, -0.05) is 26.2 Å². The maximum atomic E-state index is 4.77. The lowest BCUT2D eigenvalue weighted by Gasteiger charge is -2.28. The maximum Gasteiger partial charge on any atom is 0.137 e. The highest BCUT2D eigenvalue weighted by Crippen LogP contribution is 2.25. The summed E-state index contributed by atoms with van der Waals surface area (Å²) < 4.78 is 0. The molecule has 0 amide bonds. The van der Waals surface area contributed by atoms with Gasteiger partial charge in [0.05, 0.1) is 0 Å². The molecule has 0 bridgehead atoms. The number of rotatable bonds is 3. The Hall–Kier alpha value is -1.32. The zero-order valence-electron chi connectivity index (χ0n) is 12.5. The zero-order valence-corrected chi connectivity index (χ0v) is 12.5. The van der Waals surface area contributed by atoms with Gasteiger partial charge < -0.3 is 10.2 Å². The molecule has 1 aromatic rings. The van der Waals surface area contributed by atoms with Crippen molar-refractivity contribution in [3.05, 3.63) is 11.4 Å². The maximum absolute atomic E-state index is 4.77. The van der Waals surface area contributed by atoms with Crippen LogP contribution < -0.4 is 10.2 Å².